The molecule has 9 heteroatoms. The van der Waals surface area contributed by atoms with E-state index in [0.29, 0.717) is 20.8 Å². The van der Waals surface area contributed by atoms with Gasteiger partial charge in [-0.15, -0.1) is 16.2 Å². The number of benzene rings is 1. The third kappa shape index (κ3) is 4.30. The molecule has 1 aliphatic carbocycles. The van der Waals surface area contributed by atoms with Crippen LogP contribution in [-0.2, 0) is 22.9 Å². The number of halogens is 1. The van der Waals surface area contributed by atoms with Gasteiger partial charge in [-0.1, -0.05) is 24.4 Å². The van der Waals surface area contributed by atoms with E-state index in [1.54, 1.807) is 18.3 Å². The van der Waals surface area contributed by atoms with E-state index in [0.717, 1.165) is 25.7 Å². The Bertz CT molecular complexity index is 1150. The van der Waals surface area contributed by atoms with Gasteiger partial charge in [0, 0.05) is 16.5 Å². The van der Waals surface area contributed by atoms with E-state index in [9.17, 15) is 13.2 Å². The monoisotopic (exact) mass is 449 g/mol. The number of carbonyl (C=O) groups is 1. The first kappa shape index (κ1) is 20.3. The number of hydrogen-bond acceptors (Lipinski definition) is 5. The summed E-state index contributed by atoms with van der Waals surface area (Å²) in [5.41, 5.74) is 3.93. The minimum Gasteiger partial charge on any atom is -0.273 e. The van der Waals surface area contributed by atoms with Crippen LogP contribution in [0.2, 0.25) is 5.02 Å². The zero-order valence-corrected chi connectivity index (χ0v) is 18.0. The van der Waals surface area contributed by atoms with Crippen molar-refractivity contribution in [2.45, 2.75) is 43.4 Å². The lowest BCUT2D eigenvalue weighted by atomic mass is 10.00. The quantitative estimate of drug-likeness (QED) is 0.583. The van der Waals surface area contributed by atoms with Crippen molar-refractivity contribution in [3.8, 4) is 0 Å². The van der Waals surface area contributed by atoms with Gasteiger partial charge >= 0.3 is 0 Å². The summed E-state index contributed by atoms with van der Waals surface area (Å²) in [5.74, 6) is -0.457. The molecular weight excluding hydrogens is 430 g/mol. The van der Waals surface area contributed by atoms with Crippen LogP contribution in [0.25, 0.3) is 10.9 Å². The largest absolute Gasteiger partial charge is 0.276 e. The molecule has 0 atom stereocenters. The van der Waals surface area contributed by atoms with Gasteiger partial charge in [-0.2, -0.15) is 0 Å². The minimum atomic E-state index is -4.00. The highest BCUT2D eigenvalue weighted by atomic mass is 35.5. The number of nitrogens with one attached hydrogen (secondary N) is 2. The van der Waals surface area contributed by atoms with Crippen LogP contribution >= 0.6 is 22.9 Å². The van der Waals surface area contributed by atoms with Crippen LogP contribution in [0.15, 0.2) is 41.4 Å². The fraction of sp³-hybridized carbons (Fsp3) is 0.300. The van der Waals surface area contributed by atoms with Gasteiger partial charge in [0.25, 0.3) is 15.9 Å². The van der Waals surface area contributed by atoms with Crippen LogP contribution in [0, 0.1) is 0 Å². The molecule has 2 aromatic heterocycles. The summed E-state index contributed by atoms with van der Waals surface area (Å²) in [4.78, 5) is 20.7. The predicted molar refractivity (Wildman–Crippen MR) is 115 cm³/mol. The number of aromatic nitrogens is 1. The fourth-order valence-corrected chi connectivity index (χ4v) is 5.93. The molecule has 1 aliphatic rings. The lowest BCUT2D eigenvalue weighted by Crippen LogP contribution is -2.41. The van der Waals surface area contributed by atoms with Gasteiger partial charge in [-0.3, -0.25) is 15.2 Å². The van der Waals surface area contributed by atoms with E-state index < -0.39 is 15.9 Å². The van der Waals surface area contributed by atoms with E-state index in [-0.39, 0.29) is 4.90 Å². The number of nitrogens with zero attached hydrogens (tertiary/aromatic N) is 1. The average Bonchev–Trinajstić information content (AvgIpc) is 3.08. The molecule has 152 valence electrons. The number of hydrazine groups is 1. The first-order chi connectivity index (χ1) is 14.0. The molecule has 6 nitrogen and oxygen atoms in total. The van der Waals surface area contributed by atoms with Crippen molar-refractivity contribution in [3.05, 3.63) is 56.9 Å². The number of thiophene rings is 1. The Morgan fingerprint density at radius 3 is 2.72 bits per heavy atom. The number of fused-ring (bicyclic) bond motifs is 2. The Morgan fingerprint density at radius 2 is 1.90 bits per heavy atom. The summed E-state index contributed by atoms with van der Waals surface area (Å²) in [5, 5.41) is 0.750. The first-order valence-corrected chi connectivity index (χ1v) is 12.1. The van der Waals surface area contributed by atoms with E-state index in [1.165, 1.54) is 46.8 Å². The number of pyridine rings is 1. The van der Waals surface area contributed by atoms with Gasteiger partial charge in [0.2, 0.25) is 0 Å². The molecule has 0 unspecified atom stereocenters. The maximum Gasteiger partial charge on any atom is 0.276 e. The Kier molecular flexibility index (Phi) is 5.87. The molecule has 2 N–H and O–H groups in total. The number of rotatable bonds is 4. The minimum absolute atomic E-state index is 0.00347. The van der Waals surface area contributed by atoms with Crippen molar-refractivity contribution >= 4 is 49.8 Å². The lowest BCUT2D eigenvalue weighted by molar-refractivity contribution is 0.0949. The Morgan fingerprint density at radius 1 is 1.10 bits per heavy atom. The molecule has 3 aromatic rings. The standard InChI is InChI=1S/C20H20ClN3O3S2/c21-15-9-10-18(14-7-5-11-22-19(14)15)29(26,27)24-23-20(25)17-12-13-6-3-1-2-4-8-16(13)28-17/h5,7,9-12,24H,1-4,6,8H2,(H,23,25). The van der Waals surface area contributed by atoms with Gasteiger partial charge in [0.05, 0.1) is 20.3 Å². The third-order valence-corrected chi connectivity index (χ3v) is 7.84. The van der Waals surface area contributed by atoms with Crippen molar-refractivity contribution in [3.63, 3.8) is 0 Å². The zero-order valence-electron chi connectivity index (χ0n) is 15.6. The van der Waals surface area contributed by atoms with Crippen LogP contribution in [0.1, 0.15) is 45.8 Å². The highest BCUT2D eigenvalue weighted by Crippen LogP contribution is 2.29. The van der Waals surface area contributed by atoms with E-state index in [2.05, 4.69) is 15.2 Å². The van der Waals surface area contributed by atoms with Crippen LogP contribution in [-0.4, -0.2) is 19.3 Å². The third-order valence-electron chi connectivity index (χ3n) is 4.99. The molecule has 0 saturated carbocycles. The smallest absolute Gasteiger partial charge is 0.273 e. The Hall–Kier alpha value is -2.00. The first-order valence-electron chi connectivity index (χ1n) is 9.43. The number of hydrogen-bond donors (Lipinski definition) is 2. The maximum absolute atomic E-state index is 12.8. The zero-order chi connectivity index (χ0) is 20.4. The molecule has 0 saturated heterocycles. The van der Waals surface area contributed by atoms with E-state index in [1.807, 2.05) is 6.07 Å². The molecule has 0 aliphatic heterocycles. The van der Waals surface area contributed by atoms with Crippen molar-refractivity contribution < 1.29 is 13.2 Å². The number of amides is 1. The molecule has 4 rings (SSSR count). The molecule has 1 amide bonds. The molecule has 0 radical (unpaired) electrons. The highest BCUT2D eigenvalue weighted by Gasteiger charge is 2.21. The van der Waals surface area contributed by atoms with E-state index >= 15 is 0 Å². The van der Waals surface area contributed by atoms with E-state index in [4.69, 9.17) is 11.6 Å². The van der Waals surface area contributed by atoms with Crippen LogP contribution in [0.4, 0.5) is 0 Å². The molecule has 29 heavy (non-hydrogen) atoms. The van der Waals surface area contributed by atoms with Gasteiger partial charge < -0.3 is 0 Å². The topological polar surface area (TPSA) is 88.2 Å². The molecule has 2 heterocycles. The van der Waals surface area contributed by atoms with Crippen molar-refractivity contribution in [1.82, 2.24) is 15.2 Å². The number of aryl methyl sites for hydroxylation is 2. The van der Waals surface area contributed by atoms with Gasteiger partial charge in [0.15, 0.2) is 0 Å². The van der Waals surface area contributed by atoms with Crippen molar-refractivity contribution in [1.29, 1.82) is 0 Å². The predicted octanol–water partition coefficient (Wildman–Crippen LogP) is 4.23. The second kappa shape index (κ2) is 8.39. The maximum atomic E-state index is 12.8. The van der Waals surface area contributed by atoms with Crippen molar-refractivity contribution in [2.75, 3.05) is 0 Å². The lowest BCUT2D eigenvalue weighted by Gasteiger charge is -2.10. The van der Waals surface area contributed by atoms with Crippen LogP contribution in [0.3, 0.4) is 0 Å². The van der Waals surface area contributed by atoms with Crippen LogP contribution in [0.5, 0.6) is 0 Å². The molecule has 1 aromatic carbocycles. The number of sulfonamides is 1. The Balaban J connectivity index is 1.54. The second-order valence-electron chi connectivity index (χ2n) is 6.98. The molecule has 0 spiro atoms. The number of carbonyl (C=O) groups excluding carboxylic acids is 1. The Labute approximate surface area is 178 Å². The highest BCUT2D eigenvalue weighted by molar-refractivity contribution is 7.89. The molecule has 0 fully saturated rings. The summed E-state index contributed by atoms with van der Waals surface area (Å²) in [6.45, 7) is 0. The summed E-state index contributed by atoms with van der Waals surface area (Å²) in [7, 11) is -4.00. The summed E-state index contributed by atoms with van der Waals surface area (Å²) in [6.07, 6.45) is 8.15. The summed E-state index contributed by atoms with van der Waals surface area (Å²) in [6, 6.07) is 8.03. The molecular formula is C20H20ClN3O3S2. The van der Waals surface area contributed by atoms with Gasteiger partial charge in [0.1, 0.15) is 0 Å². The summed E-state index contributed by atoms with van der Waals surface area (Å²) >= 11 is 7.56. The average molecular weight is 450 g/mol. The fourth-order valence-electron chi connectivity index (χ4n) is 3.53. The van der Waals surface area contributed by atoms with Crippen LogP contribution < -0.4 is 10.3 Å². The van der Waals surface area contributed by atoms with Gasteiger partial charge in [-0.25, -0.2) is 8.42 Å². The molecule has 0 bridgehead atoms. The van der Waals surface area contributed by atoms with Gasteiger partial charge in [-0.05, 0) is 61.6 Å². The summed E-state index contributed by atoms with van der Waals surface area (Å²) < 4.78 is 25.6. The van der Waals surface area contributed by atoms with Crippen molar-refractivity contribution in [2.24, 2.45) is 0 Å². The second-order valence-corrected chi connectivity index (χ2v) is 10.2. The normalized spacial score (nSPS) is 14.8. The SMILES string of the molecule is O=C(NNS(=O)(=O)c1ccc(Cl)c2ncccc12)c1cc2c(s1)CCCCCC2.